The van der Waals surface area contributed by atoms with Gasteiger partial charge < -0.3 is 10.5 Å². The van der Waals surface area contributed by atoms with Gasteiger partial charge in [-0.1, -0.05) is 24.3 Å². The van der Waals surface area contributed by atoms with E-state index in [1.54, 1.807) is 6.20 Å². The van der Waals surface area contributed by atoms with Gasteiger partial charge in [-0.2, -0.15) is 5.10 Å². The fourth-order valence-corrected chi connectivity index (χ4v) is 2.77. The van der Waals surface area contributed by atoms with Crippen molar-refractivity contribution in [2.24, 2.45) is 12.8 Å². The Morgan fingerprint density at radius 2 is 2.26 bits per heavy atom. The van der Waals surface area contributed by atoms with Crippen molar-refractivity contribution in [1.29, 1.82) is 0 Å². The predicted octanol–water partition coefficient (Wildman–Crippen LogP) is 2.12. The summed E-state index contributed by atoms with van der Waals surface area (Å²) in [6.07, 6.45) is 3.66. The molecule has 19 heavy (non-hydrogen) atoms. The van der Waals surface area contributed by atoms with Crippen LogP contribution in [0.3, 0.4) is 0 Å². The van der Waals surface area contributed by atoms with Gasteiger partial charge in [0, 0.05) is 19.3 Å². The monoisotopic (exact) mass is 257 g/mol. The summed E-state index contributed by atoms with van der Waals surface area (Å²) in [4.78, 5) is 0. The van der Waals surface area contributed by atoms with E-state index >= 15 is 0 Å². The van der Waals surface area contributed by atoms with Crippen LogP contribution < -0.4 is 5.73 Å². The molecule has 0 saturated carbocycles. The van der Waals surface area contributed by atoms with Crippen LogP contribution in [0.2, 0.25) is 0 Å². The van der Waals surface area contributed by atoms with E-state index in [0.29, 0.717) is 0 Å². The van der Waals surface area contributed by atoms with Crippen LogP contribution in [-0.4, -0.2) is 16.4 Å². The van der Waals surface area contributed by atoms with Crippen molar-refractivity contribution < 1.29 is 4.74 Å². The molecule has 2 unspecified atom stereocenters. The Balaban J connectivity index is 1.80. The molecule has 1 aliphatic heterocycles. The summed E-state index contributed by atoms with van der Waals surface area (Å²) in [5.74, 6) is 0. The molecular weight excluding hydrogens is 238 g/mol. The van der Waals surface area contributed by atoms with Crippen LogP contribution >= 0.6 is 0 Å². The van der Waals surface area contributed by atoms with Gasteiger partial charge >= 0.3 is 0 Å². The van der Waals surface area contributed by atoms with Crippen LogP contribution in [0.25, 0.3) is 0 Å². The van der Waals surface area contributed by atoms with Gasteiger partial charge in [0.1, 0.15) is 0 Å². The number of hydrogen-bond acceptors (Lipinski definition) is 3. The number of rotatable bonds is 3. The fourth-order valence-electron chi connectivity index (χ4n) is 2.77. The Kier molecular flexibility index (Phi) is 3.36. The second-order valence-electron chi connectivity index (χ2n) is 5.03. The zero-order valence-corrected chi connectivity index (χ0v) is 11.1. The third-order valence-corrected chi connectivity index (χ3v) is 3.80. The van der Waals surface area contributed by atoms with E-state index in [4.69, 9.17) is 10.5 Å². The molecule has 0 spiro atoms. The van der Waals surface area contributed by atoms with Crippen molar-refractivity contribution in [2.45, 2.75) is 25.0 Å². The minimum absolute atomic E-state index is 0.0522. The summed E-state index contributed by atoms with van der Waals surface area (Å²) in [6.45, 7) is 0.778. The lowest BCUT2D eigenvalue weighted by Gasteiger charge is -2.28. The van der Waals surface area contributed by atoms with Gasteiger partial charge in [-0.25, -0.2) is 0 Å². The number of aryl methyl sites for hydroxylation is 1. The molecule has 4 heteroatoms. The average Bonchev–Trinajstić information content (AvgIpc) is 2.85. The minimum Gasteiger partial charge on any atom is -0.373 e. The topological polar surface area (TPSA) is 53.1 Å². The second kappa shape index (κ2) is 5.15. The molecule has 1 aliphatic rings. The molecule has 2 aromatic rings. The van der Waals surface area contributed by atoms with Crippen LogP contribution in [0.4, 0.5) is 0 Å². The van der Waals surface area contributed by atoms with Gasteiger partial charge in [0.2, 0.25) is 0 Å². The first kappa shape index (κ1) is 12.4. The third-order valence-electron chi connectivity index (χ3n) is 3.80. The Morgan fingerprint density at radius 3 is 3.05 bits per heavy atom. The van der Waals surface area contributed by atoms with Gasteiger partial charge in [0.05, 0.1) is 18.4 Å². The van der Waals surface area contributed by atoms with Gasteiger partial charge in [0.15, 0.2) is 0 Å². The first-order chi connectivity index (χ1) is 9.25. The van der Waals surface area contributed by atoms with Gasteiger partial charge in [-0.15, -0.1) is 0 Å². The highest BCUT2D eigenvalue weighted by Crippen LogP contribution is 2.33. The Hall–Kier alpha value is -1.65. The molecule has 0 bridgehead atoms. The summed E-state index contributed by atoms with van der Waals surface area (Å²) in [7, 11) is 1.92. The summed E-state index contributed by atoms with van der Waals surface area (Å²) >= 11 is 0. The standard InChI is InChI=1S/C15H19N3O/c1-18-14(6-8-17-18)13(16)10-15-12-5-3-2-4-11(12)7-9-19-15/h2-6,8,13,15H,7,9-10,16H2,1H3. The van der Waals surface area contributed by atoms with Crippen molar-refractivity contribution >= 4 is 0 Å². The molecule has 0 radical (unpaired) electrons. The van der Waals surface area contributed by atoms with Crippen LogP contribution in [0.1, 0.15) is 35.4 Å². The second-order valence-corrected chi connectivity index (χ2v) is 5.03. The highest BCUT2D eigenvalue weighted by Gasteiger charge is 2.24. The number of benzene rings is 1. The summed E-state index contributed by atoms with van der Waals surface area (Å²) in [5.41, 5.74) is 10.0. The molecule has 4 nitrogen and oxygen atoms in total. The molecule has 2 N–H and O–H groups in total. The quantitative estimate of drug-likeness (QED) is 0.916. The van der Waals surface area contributed by atoms with Crippen molar-refractivity contribution in [3.05, 3.63) is 53.3 Å². The highest BCUT2D eigenvalue weighted by molar-refractivity contribution is 5.31. The molecule has 1 aromatic heterocycles. The van der Waals surface area contributed by atoms with Crippen LogP contribution in [0.15, 0.2) is 36.5 Å². The number of nitrogens with two attached hydrogens (primary N) is 1. The maximum Gasteiger partial charge on any atom is 0.0846 e. The number of ether oxygens (including phenoxy) is 1. The SMILES string of the molecule is Cn1nccc1C(N)CC1OCCc2ccccc21. The molecule has 1 aromatic carbocycles. The molecule has 3 rings (SSSR count). The number of hydrogen-bond donors (Lipinski definition) is 1. The lowest BCUT2D eigenvalue weighted by atomic mass is 9.93. The normalized spacial score (nSPS) is 20.0. The lowest BCUT2D eigenvalue weighted by Crippen LogP contribution is -2.23. The molecule has 100 valence electrons. The van der Waals surface area contributed by atoms with E-state index in [2.05, 4.69) is 29.4 Å². The van der Waals surface area contributed by atoms with Crippen LogP contribution in [0, 0.1) is 0 Å². The van der Waals surface area contributed by atoms with Gasteiger partial charge in [-0.3, -0.25) is 4.68 Å². The first-order valence-corrected chi connectivity index (χ1v) is 6.68. The first-order valence-electron chi connectivity index (χ1n) is 6.68. The summed E-state index contributed by atoms with van der Waals surface area (Å²) in [5, 5.41) is 4.17. The maximum absolute atomic E-state index is 6.29. The van der Waals surface area contributed by atoms with E-state index in [0.717, 1.165) is 25.1 Å². The van der Waals surface area contributed by atoms with Gasteiger partial charge in [0.25, 0.3) is 0 Å². The summed E-state index contributed by atoms with van der Waals surface area (Å²) in [6, 6.07) is 10.4. The maximum atomic E-state index is 6.29. The largest absolute Gasteiger partial charge is 0.373 e. The van der Waals surface area contributed by atoms with Crippen molar-refractivity contribution in [2.75, 3.05) is 6.61 Å². The van der Waals surface area contributed by atoms with Crippen LogP contribution in [-0.2, 0) is 18.2 Å². The predicted molar refractivity (Wildman–Crippen MR) is 73.6 cm³/mol. The molecule has 0 aliphatic carbocycles. The molecule has 0 amide bonds. The molecule has 2 atom stereocenters. The average molecular weight is 257 g/mol. The third kappa shape index (κ3) is 2.41. The zero-order valence-electron chi connectivity index (χ0n) is 11.1. The van der Waals surface area contributed by atoms with E-state index in [1.807, 2.05) is 17.8 Å². The Labute approximate surface area is 113 Å². The van der Waals surface area contributed by atoms with E-state index in [9.17, 15) is 0 Å². The van der Waals surface area contributed by atoms with Crippen molar-refractivity contribution in [1.82, 2.24) is 9.78 Å². The smallest absolute Gasteiger partial charge is 0.0846 e. The molecular formula is C15H19N3O. The van der Waals surface area contributed by atoms with Gasteiger partial charge in [-0.05, 0) is 30.0 Å². The summed E-state index contributed by atoms with van der Waals surface area (Å²) < 4.78 is 7.74. The molecule has 0 fully saturated rings. The van der Waals surface area contributed by atoms with E-state index in [-0.39, 0.29) is 12.1 Å². The lowest BCUT2D eigenvalue weighted by molar-refractivity contribution is 0.0315. The number of nitrogens with zero attached hydrogens (tertiary/aromatic N) is 2. The Bertz CT molecular complexity index is 564. The zero-order chi connectivity index (χ0) is 13.2. The van der Waals surface area contributed by atoms with E-state index < -0.39 is 0 Å². The number of fused-ring (bicyclic) bond motifs is 1. The molecule has 0 saturated heterocycles. The van der Waals surface area contributed by atoms with E-state index in [1.165, 1.54) is 11.1 Å². The van der Waals surface area contributed by atoms with Crippen molar-refractivity contribution in [3.63, 3.8) is 0 Å². The fraction of sp³-hybridized carbons (Fsp3) is 0.400. The molecule has 2 heterocycles. The van der Waals surface area contributed by atoms with Crippen LogP contribution in [0.5, 0.6) is 0 Å². The minimum atomic E-state index is -0.0522. The highest BCUT2D eigenvalue weighted by atomic mass is 16.5. The van der Waals surface area contributed by atoms with Crippen molar-refractivity contribution in [3.8, 4) is 0 Å². The number of aromatic nitrogens is 2. The Morgan fingerprint density at radius 1 is 1.42 bits per heavy atom.